The Labute approximate surface area is 213 Å². The predicted molar refractivity (Wildman–Crippen MR) is 159 cm³/mol. The Kier molecular flexibility index (Phi) is 4.99. The predicted octanol–water partition coefficient (Wildman–Crippen LogP) is 10.9. The topological polar surface area (TPSA) is 0 Å². The summed E-state index contributed by atoms with van der Waals surface area (Å²) in [5.41, 5.74) is 0. The van der Waals surface area contributed by atoms with Crippen LogP contribution in [0.5, 0.6) is 0 Å². The van der Waals surface area contributed by atoms with Crippen LogP contribution in [-0.4, -0.2) is 0 Å². The van der Waals surface area contributed by atoms with Crippen molar-refractivity contribution in [2.45, 2.75) is 0 Å². The van der Waals surface area contributed by atoms with E-state index in [-0.39, 0.29) is 0 Å². The first-order valence-electron chi connectivity index (χ1n) is 11.1. The van der Waals surface area contributed by atoms with E-state index in [4.69, 9.17) is 0 Å². The molecule has 4 heteroatoms. The van der Waals surface area contributed by atoms with Gasteiger partial charge in [0.25, 0.3) is 0 Å². The van der Waals surface area contributed by atoms with Crippen molar-refractivity contribution in [3.05, 3.63) is 104 Å². The normalized spacial score (nSPS) is 12.5. The van der Waals surface area contributed by atoms with Crippen molar-refractivity contribution >= 4 is 110 Å². The zero-order valence-electron chi connectivity index (χ0n) is 18.0. The molecule has 4 aromatic heterocycles. The average molecular weight is 507 g/mol. The molecule has 0 aliphatic rings. The Morgan fingerprint density at radius 3 is 1.12 bits per heavy atom. The summed E-state index contributed by atoms with van der Waals surface area (Å²) in [5, 5.41) is 5.30. The van der Waals surface area contributed by atoms with E-state index < -0.39 is 0 Å². The first-order valence-corrected chi connectivity index (χ1v) is 14.3. The molecule has 7 rings (SSSR count). The average Bonchev–Trinajstić information content (AvgIpc) is 3.62. The van der Waals surface area contributed by atoms with Gasteiger partial charge in [-0.05, 0) is 94.4 Å². The molecule has 162 valence electrons. The lowest BCUT2D eigenvalue weighted by Gasteiger charge is -1.89. The van der Waals surface area contributed by atoms with Gasteiger partial charge in [0.1, 0.15) is 0 Å². The number of rotatable bonds is 4. The lowest BCUT2D eigenvalue weighted by Crippen LogP contribution is -1.62. The Morgan fingerprint density at radius 1 is 0.353 bits per heavy atom. The third kappa shape index (κ3) is 3.83. The maximum absolute atomic E-state index is 2.35. The Hall–Kier alpha value is -3.02. The first-order chi connectivity index (χ1) is 16.8. The van der Waals surface area contributed by atoms with E-state index in [1.54, 1.807) is 0 Å². The monoisotopic (exact) mass is 506 g/mol. The minimum Gasteiger partial charge on any atom is -0.136 e. The summed E-state index contributed by atoms with van der Waals surface area (Å²) in [7, 11) is 0. The molecule has 0 aliphatic heterocycles. The van der Waals surface area contributed by atoms with Crippen LogP contribution in [0.25, 0.3) is 64.6 Å². The molecule has 0 fully saturated rings. The van der Waals surface area contributed by atoms with Crippen molar-refractivity contribution in [2.75, 3.05) is 0 Å². The van der Waals surface area contributed by atoms with Crippen LogP contribution in [0.2, 0.25) is 0 Å². The SMILES string of the molecule is C(=C\c1cc2cc3sc(/C=C/c4cc5ccccc5s4)cc3cc2s1)/c1cc2ccccc2s1. The second-order valence-electron chi connectivity index (χ2n) is 8.27. The molecule has 0 aliphatic carbocycles. The van der Waals surface area contributed by atoms with Gasteiger partial charge in [-0.15, -0.1) is 45.3 Å². The van der Waals surface area contributed by atoms with Crippen LogP contribution in [0.1, 0.15) is 19.5 Å². The van der Waals surface area contributed by atoms with Crippen LogP contribution >= 0.6 is 45.3 Å². The molecule has 7 aromatic rings. The van der Waals surface area contributed by atoms with Crippen molar-refractivity contribution in [3.63, 3.8) is 0 Å². The number of hydrogen-bond donors (Lipinski definition) is 0. The van der Waals surface area contributed by atoms with Crippen LogP contribution in [0, 0.1) is 0 Å². The summed E-state index contributed by atoms with van der Waals surface area (Å²) in [6.07, 6.45) is 8.99. The molecule has 0 saturated heterocycles. The summed E-state index contributed by atoms with van der Waals surface area (Å²) >= 11 is 7.42. The highest BCUT2D eigenvalue weighted by Crippen LogP contribution is 2.36. The van der Waals surface area contributed by atoms with E-state index >= 15 is 0 Å². The third-order valence-corrected chi connectivity index (χ3v) is 10.2. The van der Waals surface area contributed by atoms with E-state index in [1.807, 2.05) is 45.3 Å². The standard InChI is InChI=1S/C30H18S4/c1-3-7-27-19(5-1)13-23(31-27)9-11-25-15-21-17-30-22(18-29(21)33-25)16-26(34-30)12-10-24-14-20-6-2-4-8-28(20)32-24/h1-18H/b11-9+,12-10+. The van der Waals surface area contributed by atoms with Gasteiger partial charge in [0.2, 0.25) is 0 Å². The molecular weight excluding hydrogens is 489 g/mol. The van der Waals surface area contributed by atoms with Gasteiger partial charge in [0.05, 0.1) is 0 Å². The molecule has 0 atom stereocenters. The highest BCUT2D eigenvalue weighted by molar-refractivity contribution is 7.22. The van der Waals surface area contributed by atoms with Crippen molar-refractivity contribution in [1.82, 2.24) is 0 Å². The fraction of sp³-hybridized carbons (Fsp3) is 0. The van der Waals surface area contributed by atoms with Crippen molar-refractivity contribution in [3.8, 4) is 0 Å². The zero-order valence-corrected chi connectivity index (χ0v) is 21.3. The lowest BCUT2D eigenvalue weighted by molar-refractivity contribution is 1.85. The molecule has 0 N–H and O–H groups in total. The van der Waals surface area contributed by atoms with Crippen molar-refractivity contribution in [2.24, 2.45) is 0 Å². The van der Waals surface area contributed by atoms with Gasteiger partial charge in [-0.3, -0.25) is 0 Å². The smallest absolute Gasteiger partial charge is 0.0356 e. The molecule has 0 amide bonds. The van der Waals surface area contributed by atoms with Crippen LogP contribution in [0.3, 0.4) is 0 Å². The van der Waals surface area contributed by atoms with Crippen molar-refractivity contribution < 1.29 is 0 Å². The molecule has 0 unspecified atom stereocenters. The molecule has 0 nitrogen and oxygen atoms in total. The summed E-state index contributed by atoms with van der Waals surface area (Å²) < 4.78 is 5.38. The summed E-state index contributed by atoms with van der Waals surface area (Å²) in [6.45, 7) is 0. The Morgan fingerprint density at radius 2 is 0.706 bits per heavy atom. The number of hydrogen-bond acceptors (Lipinski definition) is 4. The second-order valence-corrected chi connectivity index (χ2v) is 12.7. The van der Waals surface area contributed by atoms with Crippen LogP contribution in [-0.2, 0) is 0 Å². The van der Waals surface area contributed by atoms with Gasteiger partial charge < -0.3 is 0 Å². The van der Waals surface area contributed by atoms with Crippen molar-refractivity contribution in [1.29, 1.82) is 0 Å². The molecule has 0 saturated carbocycles. The van der Waals surface area contributed by atoms with Gasteiger partial charge >= 0.3 is 0 Å². The minimum atomic E-state index is 1.30. The zero-order chi connectivity index (χ0) is 22.5. The Balaban J connectivity index is 1.16. The first kappa shape index (κ1) is 20.4. The highest BCUT2D eigenvalue weighted by Gasteiger charge is 2.06. The molecule has 0 bridgehead atoms. The van der Waals surface area contributed by atoms with Gasteiger partial charge in [0, 0.05) is 38.3 Å². The van der Waals surface area contributed by atoms with E-state index in [0.717, 1.165) is 0 Å². The van der Waals surface area contributed by atoms with Gasteiger partial charge in [-0.2, -0.15) is 0 Å². The number of benzene rings is 3. The third-order valence-electron chi connectivity index (χ3n) is 5.91. The molecule has 4 heterocycles. The molecule has 3 aromatic carbocycles. The summed E-state index contributed by atoms with van der Waals surface area (Å²) in [5.74, 6) is 0. The van der Waals surface area contributed by atoms with E-state index in [0.29, 0.717) is 0 Å². The molecular formula is C30H18S4. The number of fused-ring (bicyclic) bond motifs is 4. The van der Waals surface area contributed by atoms with Crippen LogP contribution < -0.4 is 0 Å². The summed E-state index contributed by atoms with van der Waals surface area (Å²) in [4.78, 5) is 5.20. The van der Waals surface area contributed by atoms with Gasteiger partial charge in [-0.1, -0.05) is 36.4 Å². The minimum absolute atomic E-state index is 1.30. The largest absolute Gasteiger partial charge is 0.136 e. The number of thiophene rings is 4. The quantitative estimate of drug-likeness (QED) is 0.223. The van der Waals surface area contributed by atoms with Crippen LogP contribution in [0.15, 0.2) is 84.9 Å². The lowest BCUT2D eigenvalue weighted by atomic mass is 10.2. The van der Waals surface area contributed by atoms with E-state index in [1.165, 1.54) is 59.9 Å². The highest BCUT2D eigenvalue weighted by atomic mass is 32.1. The van der Waals surface area contributed by atoms with Gasteiger partial charge in [-0.25, -0.2) is 0 Å². The van der Waals surface area contributed by atoms with Gasteiger partial charge in [0.15, 0.2) is 0 Å². The second kappa shape index (κ2) is 8.33. The summed E-state index contributed by atoms with van der Waals surface area (Å²) in [6, 6.07) is 31.0. The fourth-order valence-electron chi connectivity index (χ4n) is 4.28. The molecule has 0 spiro atoms. The molecule has 0 radical (unpaired) electrons. The molecule has 34 heavy (non-hydrogen) atoms. The Bertz CT molecular complexity index is 1620. The fourth-order valence-corrected chi connectivity index (χ4v) is 8.20. The van der Waals surface area contributed by atoms with E-state index in [2.05, 4.69) is 109 Å². The van der Waals surface area contributed by atoms with E-state index in [9.17, 15) is 0 Å². The van der Waals surface area contributed by atoms with Crippen LogP contribution in [0.4, 0.5) is 0 Å². The maximum atomic E-state index is 2.35. The maximum Gasteiger partial charge on any atom is 0.0356 e.